The number of sulfonamides is 1. The maximum atomic E-state index is 13.9. The smallest absolute Gasteiger partial charge is 0.335 e. The number of likely N-dealkylation sites (tertiary alicyclic amines) is 1. The first-order valence-corrected chi connectivity index (χ1v) is 16.6. The molecule has 6 rings (SSSR count). The van der Waals surface area contributed by atoms with Crippen molar-refractivity contribution in [1.29, 1.82) is 0 Å². The van der Waals surface area contributed by atoms with E-state index in [0.717, 1.165) is 27.3 Å². The van der Waals surface area contributed by atoms with Gasteiger partial charge in [0.25, 0.3) is 5.91 Å². The van der Waals surface area contributed by atoms with Crippen molar-refractivity contribution in [1.82, 2.24) is 19.9 Å². The molecule has 0 radical (unpaired) electrons. The van der Waals surface area contributed by atoms with Crippen molar-refractivity contribution in [2.24, 2.45) is 16.9 Å². The number of carbonyl (C=O) groups is 3. The zero-order chi connectivity index (χ0) is 32.3. The minimum atomic E-state index is -3.84. The SMILES string of the molecule is C=C[C@@H]1CC1(NC(=O)[C@@H]1CC(ON=C2c3ccccc3-c3ccccc32)CN1C(=O)N(N)C(C)(C)C)C(=O)NS(=O)(=O)C1CC1. The monoisotopic (exact) mass is 634 g/mol. The Bertz CT molecular complexity index is 1670. The number of nitrogens with zero attached hydrogens (tertiary/aromatic N) is 3. The molecule has 1 saturated heterocycles. The molecule has 0 spiro atoms. The fourth-order valence-electron chi connectivity index (χ4n) is 6.00. The highest BCUT2D eigenvalue weighted by atomic mass is 32.2. The van der Waals surface area contributed by atoms with Crippen LogP contribution in [0.15, 0.2) is 66.3 Å². The lowest BCUT2D eigenvalue weighted by molar-refractivity contribution is -0.131. The molecule has 3 fully saturated rings. The van der Waals surface area contributed by atoms with Crippen molar-refractivity contribution in [3.8, 4) is 11.1 Å². The first-order chi connectivity index (χ1) is 21.3. The molecule has 2 aromatic rings. The summed E-state index contributed by atoms with van der Waals surface area (Å²) in [4.78, 5) is 48.1. The van der Waals surface area contributed by atoms with Crippen LogP contribution in [0.4, 0.5) is 4.79 Å². The minimum Gasteiger partial charge on any atom is -0.390 e. The van der Waals surface area contributed by atoms with E-state index in [0.29, 0.717) is 18.6 Å². The first-order valence-electron chi connectivity index (χ1n) is 15.1. The second kappa shape index (κ2) is 11.0. The molecule has 4 atom stereocenters. The summed E-state index contributed by atoms with van der Waals surface area (Å²) in [5, 5.41) is 7.75. The number of nitrogens with one attached hydrogen (secondary N) is 2. The number of rotatable bonds is 8. The Hall–Kier alpha value is -4.23. The fourth-order valence-corrected chi connectivity index (χ4v) is 7.36. The lowest BCUT2D eigenvalue weighted by atomic mass is 10.1. The van der Waals surface area contributed by atoms with Crippen molar-refractivity contribution >= 4 is 33.6 Å². The highest BCUT2D eigenvalue weighted by molar-refractivity contribution is 7.91. The standard InChI is InChI=1S/C32H38N6O6S/c1-5-19-17-32(19,29(40)36-45(42,43)21-14-15-21)34-28(39)26-16-20(18-37(26)30(41)38(33)31(2,3)4)44-35-27-24-12-8-6-10-22(24)23-11-7-9-13-25(23)27/h5-13,19-21,26H,1,14-18,33H2,2-4H3,(H,34,39)(H,36,40)/t19-,20?,26+,32?/m1/s1. The van der Waals surface area contributed by atoms with E-state index >= 15 is 0 Å². The van der Waals surface area contributed by atoms with Gasteiger partial charge in [-0.25, -0.2) is 19.1 Å². The van der Waals surface area contributed by atoms with E-state index in [9.17, 15) is 22.8 Å². The van der Waals surface area contributed by atoms with Gasteiger partial charge >= 0.3 is 6.03 Å². The molecular weight excluding hydrogens is 596 g/mol. The normalized spacial score (nSPS) is 25.1. The summed E-state index contributed by atoms with van der Waals surface area (Å²) in [6.07, 6.45) is 2.08. The summed E-state index contributed by atoms with van der Waals surface area (Å²) in [5.41, 5.74) is 2.31. The molecule has 238 valence electrons. The average Bonchev–Trinajstić information content (AvgIpc) is 3.91. The molecule has 4 aliphatic rings. The van der Waals surface area contributed by atoms with Crippen LogP contribution in [0, 0.1) is 5.92 Å². The van der Waals surface area contributed by atoms with Gasteiger partial charge in [0.1, 0.15) is 23.4 Å². The number of carbonyl (C=O) groups excluding carboxylic acids is 3. The van der Waals surface area contributed by atoms with Gasteiger partial charge in [-0.3, -0.25) is 19.3 Å². The van der Waals surface area contributed by atoms with Crippen LogP contribution in [-0.4, -0.2) is 76.9 Å². The van der Waals surface area contributed by atoms with Gasteiger partial charge in [0.2, 0.25) is 15.9 Å². The zero-order valence-electron chi connectivity index (χ0n) is 25.5. The number of nitrogens with two attached hydrogens (primary N) is 1. The van der Waals surface area contributed by atoms with Crippen molar-refractivity contribution in [3.63, 3.8) is 0 Å². The maximum Gasteiger partial charge on any atom is 0.335 e. The Kier molecular flexibility index (Phi) is 7.51. The predicted molar refractivity (Wildman–Crippen MR) is 168 cm³/mol. The highest BCUT2D eigenvalue weighted by Gasteiger charge is 2.62. The van der Waals surface area contributed by atoms with Gasteiger partial charge in [-0.05, 0) is 51.2 Å². The number of benzene rings is 2. The summed E-state index contributed by atoms with van der Waals surface area (Å²) in [7, 11) is -3.84. The van der Waals surface area contributed by atoms with E-state index in [-0.39, 0.29) is 19.4 Å². The van der Waals surface area contributed by atoms with Crippen molar-refractivity contribution in [3.05, 3.63) is 72.3 Å². The molecule has 13 heteroatoms. The van der Waals surface area contributed by atoms with Crippen LogP contribution in [0.25, 0.3) is 11.1 Å². The summed E-state index contributed by atoms with van der Waals surface area (Å²) < 4.78 is 27.2. The van der Waals surface area contributed by atoms with Gasteiger partial charge in [-0.2, -0.15) is 0 Å². The van der Waals surface area contributed by atoms with Crippen LogP contribution in [-0.2, 0) is 24.4 Å². The molecule has 4 N–H and O–H groups in total. The Morgan fingerprint density at radius 2 is 1.64 bits per heavy atom. The topological polar surface area (TPSA) is 163 Å². The number of urea groups is 1. The van der Waals surface area contributed by atoms with Gasteiger partial charge in [0.05, 0.1) is 17.3 Å². The second-order valence-electron chi connectivity index (χ2n) is 13.2. The fraction of sp³-hybridized carbons (Fsp3) is 0.438. The van der Waals surface area contributed by atoms with E-state index < -0.39 is 62.3 Å². The maximum absolute atomic E-state index is 13.9. The molecule has 45 heavy (non-hydrogen) atoms. The van der Waals surface area contributed by atoms with E-state index in [4.69, 9.17) is 10.7 Å². The first kappa shape index (κ1) is 30.8. The van der Waals surface area contributed by atoms with E-state index in [1.54, 1.807) is 20.8 Å². The number of fused-ring (bicyclic) bond motifs is 3. The molecule has 1 heterocycles. The molecule has 0 aromatic heterocycles. The van der Waals surface area contributed by atoms with Crippen LogP contribution in [0.2, 0.25) is 0 Å². The molecule has 12 nitrogen and oxygen atoms in total. The van der Waals surface area contributed by atoms with Crippen LogP contribution in [0.5, 0.6) is 0 Å². The Morgan fingerprint density at radius 1 is 1.07 bits per heavy atom. The third-order valence-electron chi connectivity index (χ3n) is 8.94. The molecule has 2 aromatic carbocycles. The molecule has 2 saturated carbocycles. The average molecular weight is 635 g/mol. The van der Waals surface area contributed by atoms with Crippen molar-refractivity contribution in [2.75, 3.05) is 6.54 Å². The second-order valence-corrected chi connectivity index (χ2v) is 15.1. The molecular formula is C32H38N6O6S. The molecule has 0 bridgehead atoms. The van der Waals surface area contributed by atoms with Gasteiger partial charge in [0.15, 0.2) is 0 Å². The number of hydrogen-bond acceptors (Lipinski definition) is 8. The summed E-state index contributed by atoms with van der Waals surface area (Å²) in [6.45, 7) is 9.06. The highest BCUT2D eigenvalue weighted by Crippen LogP contribution is 2.45. The van der Waals surface area contributed by atoms with Gasteiger partial charge in [0, 0.05) is 23.5 Å². The minimum absolute atomic E-state index is 0.0148. The van der Waals surface area contributed by atoms with E-state index in [2.05, 4.69) is 21.8 Å². The quantitative estimate of drug-likeness (QED) is 0.148. The number of amides is 4. The number of hydrazine groups is 1. The molecule has 2 unspecified atom stereocenters. The third kappa shape index (κ3) is 5.59. The summed E-state index contributed by atoms with van der Waals surface area (Å²) >= 11 is 0. The van der Waals surface area contributed by atoms with Crippen LogP contribution in [0.3, 0.4) is 0 Å². The van der Waals surface area contributed by atoms with Crippen molar-refractivity contribution < 1.29 is 27.6 Å². The lowest BCUT2D eigenvalue weighted by Crippen LogP contribution is -2.60. The largest absolute Gasteiger partial charge is 0.390 e. The van der Waals surface area contributed by atoms with Crippen LogP contribution >= 0.6 is 0 Å². The van der Waals surface area contributed by atoms with Gasteiger partial charge in [-0.1, -0.05) is 59.8 Å². The zero-order valence-corrected chi connectivity index (χ0v) is 26.3. The third-order valence-corrected chi connectivity index (χ3v) is 10.8. The lowest BCUT2D eigenvalue weighted by Gasteiger charge is -2.36. The van der Waals surface area contributed by atoms with Gasteiger partial charge in [-0.15, -0.1) is 6.58 Å². The molecule has 3 aliphatic carbocycles. The van der Waals surface area contributed by atoms with Gasteiger partial charge < -0.3 is 15.1 Å². The predicted octanol–water partition coefficient (Wildman–Crippen LogP) is 2.64. The Balaban J connectivity index is 1.25. The summed E-state index contributed by atoms with van der Waals surface area (Å²) in [6, 6.07) is 14.1. The Morgan fingerprint density at radius 3 is 2.16 bits per heavy atom. The van der Waals surface area contributed by atoms with E-state index in [1.165, 1.54) is 11.0 Å². The van der Waals surface area contributed by atoms with E-state index in [1.807, 2.05) is 48.5 Å². The summed E-state index contributed by atoms with van der Waals surface area (Å²) in [5.74, 6) is 4.30. The number of hydrogen-bond donors (Lipinski definition) is 3. The van der Waals surface area contributed by atoms with Crippen LogP contribution < -0.4 is 15.9 Å². The Labute approximate surface area is 262 Å². The van der Waals surface area contributed by atoms with Crippen LogP contribution in [0.1, 0.15) is 57.6 Å². The van der Waals surface area contributed by atoms with Crippen molar-refractivity contribution in [2.45, 2.75) is 74.9 Å². The number of oxime groups is 1. The molecule has 4 amide bonds. The molecule has 1 aliphatic heterocycles.